The highest BCUT2D eigenvalue weighted by molar-refractivity contribution is 9.10. The molecule has 0 fully saturated rings. The molecule has 0 saturated carbocycles. The van der Waals surface area contributed by atoms with Crippen molar-refractivity contribution in [2.75, 3.05) is 0 Å². The number of hydrogen-bond acceptors (Lipinski definition) is 4. The SMILES string of the molecule is NNC(c1occc1Br)c1sccc1Br. The summed E-state index contributed by atoms with van der Waals surface area (Å²) >= 11 is 8.51. The van der Waals surface area contributed by atoms with Gasteiger partial charge in [-0.2, -0.15) is 0 Å². The second-order valence-electron chi connectivity index (χ2n) is 2.87. The van der Waals surface area contributed by atoms with Crippen LogP contribution in [0.2, 0.25) is 0 Å². The van der Waals surface area contributed by atoms with E-state index in [1.54, 1.807) is 17.6 Å². The van der Waals surface area contributed by atoms with Gasteiger partial charge in [-0.05, 0) is 49.4 Å². The van der Waals surface area contributed by atoms with Crippen LogP contribution in [0, 0.1) is 0 Å². The van der Waals surface area contributed by atoms with Crippen molar-refractivity contribution >= 4 is 43.2 Å². The van der Waals surface area contributed by atoms with E-state index in [0.717, 1.165) is 19.6 Å². The van der Waals surface area contributed by atoms with Crippen LogP contribution in [-0.2, 0) is 0 Å². The molecule has 3 nitrogen and oxygen atoms in total. The number of hydrazine groups is 1. The molecule has 2 aromatic heterocycles. The Hall–Kier alpha value is -0.140. The Morgan fingerprint density at radius 2 is 2.13 bits per heavy atom. The first-order valence-electron chi connectivity index (χ1n) is 4.16. The third kappa shape index (κ3) is 2.19. The third-order valence-electron chi connectivity index (χ3n) is 1.98. The maximum Gasteiger partial charge on any atom is 0.141 e. The van der Waals surface area contributed by atoms with Crippen molar-refractivity contribution in [2.24, 2.45) is 5.84 Å². The molecule has 1 unspecified atom stereocenters. The predicted octanol–water partition coefficient (Wildman–Crippen LogP) is 3.42. The van der Waals surface area contributed by atoms with Crippen LogP contribution in [0.15, 0.2) is 37.1 Å². The molecule has 0 bridgehead atoms. The lowest BCUT2D eigenvalue weighted by molar-refractivity contribution is 0.452. The van der Waals surface area contributed by atoms with E-state index in [1.165, 1.54) is 0 Å². The Bertz CT molecular complexity index is 414. The first-order chi connectivity index (χ1) is 7.24. The lowest BCUT2D eigenvalue weighted by Crippen LogP contribution is -2.28. The molecule has 3 N–H and O–H groups in total. The fourth-order valence-corrected chi connectivity index (χ4v) is 3.38. The summed E-state index contributed by atoms with van der Waals surface area (Å²) in [7, 11) is 0. The summed E-state index contributed by atoms with van der Waals surface area (Å²) in [5, 5.41) is 2.00. The van der Waals surface area contributed by atoms with Gasteiger partial charge < -0.3 is 4.42 Å². The van der Waals surface area contributed by atoms with Crippen molar-refractivity contribution in [1.29, 1.82) is 0 Å². The summed E-state index contributed by atoms with van der Waals surface area (Å²) in [6, 6.07) is 3.70. The molecule has 1 atom stereocenters. The Morgan fingerprint density at radius 3 is 2.60 bits per heavy atom. The van der Waals surface area contributed by atoms with E-state index in [1.807, 2.05) is 17.5 Å². The van der Waals surface area contributed by atoms with Gasteiger partial charge in [0.15, 0.2) is 0 Å². The van der Waals surface area contributed by atoms with Gasteiger partial charge in [-0.1, -0.05) is 0 Å². The zero-order valence-electron chi connectivity index (χ0n) is 7.54. The molecule has 2 heterocycles. The van der Waals surface area contributed by atoms with Crippen LogP contribution in [0.1, 0.15) is 16.7 Å². The second-order valence-corrected chi connectivity index (χ2v) is 5.52. The molecule has 0 aliphatic heterocycles. The lowest BCUT2D eigenvalue weighted by Gasteiger charge is -2.12. The number of nitrogens with two attached hydrogens (primary N) is 1. The maximum absolute atomic E-state index is 5.55. The molecule has 80 valence electrons. The van der Waals surface area contributed by atoms with E-state index in [9.17, 15) is 0 Å². The summed E-state index contributed by atoms with van der Waals surface area (Å²) in [6.07, 6.45) is 1.63. The van der Waals surface area contributed by atoms with Gasteiger partial charge in [0.05, 0.1) is 10.7 Å². The van der Waals surface area contributed by atoms with Crippen molar-refractivity contribution in [3.8, 4) is 0 Å². The number of thiophene rings is 1. The monoisotopic (exact) mass is 350 g/mol. The molecular formula is C9H8Br2N2OS. The molecule has 0 aliphatic carbocycles. The summed E-state index contributed by atoms with van der Waals surface area (Å²) in [4.78, 5) is 1.09. The number of hydrogen-bond donors (Lipinski definition) is 2. The zero-order chi connectivity index (χ0) is 10.8. The maximum atomic E-state index is 5.55. The van der Waals surface area contributed by atoms with E-state index in [4.69, 9.17) is 10.3 Å². The topological polar surface area (TPSA) is 51.2 Å². The van der Waals surface area contributed by atoms with Crippen molar-refractivity contribution in [3.63, 3.8) is 0 Å². The Labute approximate surface area is 108 Å². The Morgan fingerprint density at radius 1 is 1.33 bits per heavy atom. The summed E-state index contributed by atoms with van der Waals surface area (Å²) in [6.45, 7) is 0. The van der Waals surface area contributed by atoms with Crippen LogP contribution in [0.5, 0.6) is 0 Å². The third-order valence-corrected chi connectivity index (χ3v) is 4.57. The number of nitrogens with one attached hydrogen (secondary N) is 1. The van der Waals surface area contributed by atoms with E-state index in [2.05, 4.69) is 37.3 Å². The minimum atomic E-state index is -0.135. The number of rotatable bonds is 3. The molecule has 0 aromatic carbocycles. The van der Waals surface area contributed by atoms with Gasteiger partial charge in [-0.15, -0.1) is 11.3 Å². The molecule has 0 spiro atoms. The largest absolute Gasteiger partial charge is 0.466 e. The molecule has 0 amide bonds. The first kappa shape index (κ1) is 11.3. The highest BCUT2D eigenvalue weighted by Crippen LogP contribution is 2.35. The fourth-order valence-electron chi connectivity index (χ4n) is 1.29. The van der Waals surface area contributed by atoms with E-state index >= 15 is 0 Å². The fraction of sp³-hybridized carbons (Fsp3) is 0.111. The quantitative estimate of drug-likeness (QED) is 0.658. The van der Waals surface area contributed by atoms with Crippen LogP contribution in [0.25, 0.3) is 0 Å². The molecular weight excluding hydrogens is 344 g/mol. The molecule has 2 aromatic rings. The predicted molar refractivity (Wildman–Crippen MR) is 67.6 cm³/mol. The molecule has 0 saturated heterocycles. The molecule has 0 aliphatic rings. The summed E-state index contributed by atoms with van der Waals surface area (Å²) < 4.78 is 7.33. The van der Waals surface area contributed by atoms with Crippen molar-refractivity contribution < 1.29 is 4.42 Å². The van der Waals surface area contributed by atoms with Gasteiger partial charge in [0.1, 0.15) is 11.8 Å². The van der Waals surface area contributed by atoms with Gasteiger partial charge in [0, 0.05) is 9.35 Å². The second kappa shape index (κ2) is 4.80. The number of furan rings is 1. The van der Waals surface area contributed by atoms with Gasteiger partial charge in [0.25, 0.3) is 0 Å². The highest BCUT2D eigenvalue weighted by Gasteiger charge is 2.21. The minimum absolute atomic E-state index is 0.135. The van der Waals surface area contributed by atoms with Crippen molar-refractivity contribution in [3.05, 3.63) is 43.4 Å². The van der Waals surface area contributed by atoms with Gasteiger partial charge in [-0.25, -0.2) is 5.43 Å². The van der Waals surface area contributed by atoms with E-state index in [-0.39, 0.29) is 6.04 Å². The molecule has 0 radical (unpaired) electrons. The van der Waals surface area contributed by atoms with Gasteiger partial charge >= 0.3 is 0 Å². The zero-order valence-corrected chi connectivity index (χ0v) is 11.5. The van der Waals surface area contributed by atoms with Crippen molar-refractivity contribution in [1.82, 2.24) is 5.43 Å². The van der Waals surface area contributed by atoms with Crippen LogP contribution in [0.4, 0.5) is 0 Å². The number of halogens is 2. The minimum Gasteiger partial charge on any atom is -0.466 e. The Balaban J connectivity index is 2.41. The van der Waals surface area contributed by atoms with Gasteiger partial charge in [-0.3, -0.25) is 5.84 Å². The molecule has 2 rings (SSSR count). The lowest BCUT2D eigenvalue weighted by atomic mass is 10.2. The smallest absolute Gasteiger partial charge is 0.141 e. The van der Waals surface area contributed by atoms with Crippen LogP contribution < -0.4 is 11.3 Å². The standard InChI is InChI=1S/C9H8Br2N2OS/c10-5-1-3-14-8(5)7(13-12)9-6(11)2-4-15-9/h1-4,7,13H,12H2. The summed E-state index contributed by atoms with van der Waals surface area (Å²) in [5.41, 5.74) is 2.75. The Kier molecular flexibility index (Phi) is 3.63. The van der Waals surface area contributed by atoms with E-state index < -0.39 is 0 Å². The van der Waals surface area contributed by atoms with Crippen LogP contribution >= 0.6 is 43.2 Å². The normalized spacial score (nSPS) is 13.0. The summed E-state index contributed by atoms with van der Waals surface area (Å²) in [5.74, 6) is 6.33. The van der Waals surface area contributed by atoms with E-state index in [0.29, 0.717) is 0 Å². The molecule has 15 heavy (non-hydrogen) atoms. The van der Waals surface area contributed by atoms with Crippen LogP contribution in [0.3, 0.4) is 0 Å². The van der Waals surface area contributed by atoms with Gasteiger partial charge in [0.2, 0.25) is 0 Å². The first-order valence-corrected chi connectivity index (χ1v) is 6.62. The molecule has 6 heteroatoms. The van der Waals surface area contributed by atoms with Crippen molar-refractivity contribution in [2.45, 2.75) is 6.04 Å². The average molecular weight is 352 g/mol. The van der Waals surface area contributed by atoms with Crippen LogP contribution in [-0.4, -0.2) is 0 Å². The average Bonchev–Trinajstić information content (AvgIpc) is 2.80. The highest BCUT2D eigenvalue weighted by atomic mass is 79.9.